The lowest BCUT2D eigenvalue weighted by molar-refractivity contribution is -0.143. The van der Waals surface area contributed by atoms with Crippen LogP contribution in [0.15, 0.2) is 83.9 Å². The van der Waals surface area contributed by atoms with Gasteiger partial charge in [-0.15, -0.1) is 0 Å². The van der Waals surface area contributed by atoms with E-state index < -0.39 is 72.0 Å². The number of hydrogen-bond acceptors (Lipinski definition) is 5. The first kappa shape index (κ1) is 33.5. The highest BCUT2D eigenvalue weighted by Gasteiger charge is 2.57. The highest BCUT2D eigenvalue weighted by atomic mass is 19.4. The standard InChI is InChI=1S/C35H30BF6NO5/c1-19-13-27-31(33(46)43(32(27)45)25-16-23(34(37,38)39)15-24(17-25)35(40,41)42)28-18-36(47)48-29(30(19)28)12-9-22(21-5-3-2-4-6-21)14-20-7-10-26(44)11-8-20/h2-8,10-11,14-17,27-29,31,44,47H,9,12-13,18H2,1H3/b22-14-/t27-,28+,29-,31-/m1/s1. The molecule has 0 spiro atoms. The summed E-state index contributed by atoms with van der Waals surface area (Å²) in [6, 6.07) is 16.9. The van der Waals surface area contributed by atoms with E-state index in [1.54, 1.807) is 31.2 Å². The van der Waals surface area contributed by atoms with Crippen molar-refractivity contribution in [2.24, 2.45) is 17.8 Å². The monoisotopic (exact) mass is 669 g/mol. The normalized spacial score (nSPS) is 23.5. The molecule has 3 aromatic carbocycles. The van der Waals surface area contributed by atoms with E-state index in [4.69, 9.17) is 4.65 Å². The van der Waals surface area contributed by atoms with Gasteiger partial charge >= 0.3 is 19.5 Å². The number of phenolic OH excluding ortho intramolecular Hbond substituents is 1. The second-order valence-electron chi connectivity index (χ2n) is 12.4. The molecule has 0 aromatic heterocycles. The van der Waals surface area contributed by atoms with E-state index in [1.807, 2.05) is 36.4 Å². The van der Waals surface area contributed by atoms with Crippen LogP contribution in [0, 0.1) is 17.8 Å². The molecular weight excluding hydrogens is 639 g/mol. The van der Waals surface area contributed by atoms with Gasteiger partial charge in [-0.2, -0.15) is 26.3 Å². The molecular formula is C35H30BF6NO5. The molecule has 2 fully saturated rings. The van der Waals surface area contributed by atoms with Crippen LogP contribution in [0.25, 0.3) is 11.6 Å². The Morgan fingerprint density at radius 3 is 2.15 bits per heavy atom. The van der Waals surface area contributed by atoms with Crippen molar-refractivity contribution in [3.8, 4) is 5.75 Å². The number of rotatable bonds is 6. The number of benzene rings is 3. The Bertz CT molecular complexity index is 1760. The quantitative estimate of drug-likeness (QED) is 0.0921. The van der Waals surface area contributed by atoms with Crippen molar-refractivity contribution in [3.05, 3.63) is 106 Å². The molecule has 2 N–H and O–H groups in total. The van der Waals surface area contributed by atoms with E-state index in [0.29, 0.717) is 35.4 Å². The summed E-state index contributed by atoms with van der Waals surface area (Å²) in [5.41, 5.74) is 0.0748. The van der Waals surface area contributed by atoms with Crippen LogP contribution in [0.5, 0.6) is 5.75 Å². The molecule has 6 rings (SSSR count). The summed E-state index contributed by atoms with van der Waals surface area (Å²) in [4.78, 5) is 28.0. The van der Waals surface area contributed by atoms with Gasteiger partial charge in [0.05, 0.1) is 34.8 Å². The number of hydrogen-bond donors (Lipinski definition) is 2. The molecule has 0 saturated carbocycles. The summed E-state index contributed by atoms with van der Waals surface area (Å²) in [5, 5.41) is 20.5. The zero-order chi connectivity index (χ0) is 34.5. The molecule has 0 bridgehead atoms. The maximum Gasteiger partial charge on any atom is 0.455 e. The molecule has 0 radical (unpaired) electrons. The fourth-order valence-corrected chi connectivity index (χ4v) is 7.25. The topological polar surface area (TPSA) is 87.1 Å². The van der Waals surface area contributed by atoms with Gasteiger partial charge in [0.1, 0.15) is 5.75 Å². The summed E-state index contributed by atoms with van der Waals surface area (Å²) in [5.74, 6) is -4.49. The highest BCUT2D eigenvalue weighted by Crippen LogP contribution is 2.52. The third kappa shape index (κ3) is 6.53. The number of carbonyl (C=O) groups is 2. The minimum Gasteiger partial charge on any atom is -0.508 e. The van der Waals surface area contributed by atoms with Gasteiger partial charge in [-0.1, -0.05) is 54.1 Å². The number of phenols is 1. The van der Waals surface area contributed by atoms with E-state index >= 15 is 0 Å². The van der Waals surface area contributed by atoms with Crippen molar-refractivity contribution in [2.75, 3.05) is 4.90 Å². The lowest BCUT2D eigenvalue weighted by Crippen LogP contribution is -2.46. The first-order valence-electron chi connectivity index (χ1n) is 15.4. The van der Waals surface area contributed by atoms with Crippen LogP contribution in [0.1, 0.15) is 48.4 Å². The zero-order valence-corrected chi connectivity index (χ0v) is 25.6. The minimum absolute atomic E-state index is 0.0510. The number of halogens is 6. The lowest BCUT2D eigenvalue weighted by atomic mass is 9.58. The van der Waals surface area contributed by atoms with Crippen LogP contribution in [-0.4, -0.2) is 35.2 Å². The minimum atomic E-state index is -5.16. The third-order valence-corrected chi connectivity index (χ3v) is 9.34. The molecule has 2 saturated heterocycles. The van der Waals surface area contributed by atoms with Crippen molar-refractivity contribution in [3.63, 3.8) is 0 Å². The summed E-state index contributed by atoms with van der Waals surface area (Å²) >= 11 is 0. The molecule has 2 aliphatic heterocycles. The van der Waals surface area contributed by atoms with E-state index in [0.717, 1.165) is 22.3 Å². The van der Waals surface area contributed by atoms with Gasteiger partial charge in [0.2, 0.25) is 11.8 Å². The number of amides is 2. The highest BCUT2D eigenvalue weighted by molar-refractivity contribution is 6.43. The molecule has 250 valence electrons. The Hall–Kier alpha value is -4.36. The van der Waals surface area contributed by atoms with Crippen LogP contribution in [0.4, 0.5) is 32.0 Å². The molecule has 4 atom stereocenters. The van der Waals surface area contributed by atoms with Gasteiger partial charge in [-0.25, -0.2) is 4.90 Å². The Labute approximate surface area is 272 Å². The smallest absolute Gasteiger partial charge is 0.455 e. The molecule has 13 heteroatoms. The zero-order valence-electron chi connectivity index (χ0n) is 25.6. The number of aromatic hydroxyl groups is 1. The first-order valence-corrected chi connectivity index (χ1v) is 15.4. The third-order valence-electron chi connectivity index (χ3n) is 9.34. The Morgan fingerprint density at radius 2 is 1.54 bits per heavy atom. The average molecular weight is 669 g/mol. The summed E-state index contributed by atoms with van der Waals surface area (Å²) in [7, 11) is -1.32. The van der Waals surface area contributed by atoms with Crippen LogP contribution >= 0.6 is 0 Å². The fraction of sp³-hybridized carbons (Fsp3) is 0.314. The number of carbonyl (C=O) groups excluding carboxylic acids is 2. The molecule has 2 heterocycles. The average Bonchev–Trinajstić information content (AvgIpc) is 3.28. The van der Waals surface area contributed by atoms with Crippen molar-refractivity contribution >= 4 is 36.3 Å². The van der Waals surface area contributed by atoms with Gasteiger partial charge in [0.25, 0.3) is 0 Å². The number of fused-ring (bicyclic) bond motifs is 3. The molecule has 3 aliphatic rings. The van der Waals surface area contributed by atoms with Crippen LogP contribution in [0.3, 0.4) is 0 Å². The second kappa shape index (κ2) is 12.6. The van der Waals surface area contributed by atoms with Crippen molar-refractivity contribution in [1.29, 1.82) is 0 Å². The number of nitrogens with zero attached hydrogens (tertiary/aromatic N) is 1. The summed E-state index contributed by atoms with van der Waals surface area (Å²) < 4.78 is 87.8. The fourth-order valence-electron chi connectivity index (χ4n) is 7.25. The van der Waals surface area contributed by atoms with Crippen molar-refractivity contribution in [2.45, 2.75) is 51.0 Å². The Morgan fingerprint density at radius 1 is 0.917 bits per heavy atom. The number of allylic oxidation sites excluding steroid dienone is 2. The molecule has 0 unspecified atom stereocenters. The van der Waals surface area contributed by atoms with Crippen molar-refractivity contribution in [1.82, 2.24) is 0 Å². The molecule has 3 aromatic rings. The summed E-state index contributed by atoms with van der Waals surface area (Å²) in [6.45, 7) is 1.77. The SMILES string of the molecule is CC1=C2[C@@H](CC/C(=C/c3ccc(O)cc3)c3ccccc3)OB(O)C[C@@H]2[C@@H]2C(=O)N(c3cc(C(F)(F)F)cc(C(F)(F)F)c3)C(=O)[C@@H]2C1. The Balaban J connectivity index is 1.31. The van der Waals surface area contributed by atoms with E-state index in [-0.39, 0.29) is 24.6 Å². The van der Waals surface area contributed by atoms with E-state index in [9.17, 15) is 46.1 Å². The van der Waals surface area contributed by atoms with Gasteiger partial charge < -0.3 is 14.8 Å². The van der Waals surface area contributed by atoms with E-state index in [2.05, 4.69) is 0 Å². The number of imide groups is 1. The maximum absolute atomic E-state index is 13.9. The summed E-state index contributed by atoms with van der Waals surface area (Å²) in [6.07, 6.45) is -8.20. The molecule has 1 aliphatic carbocycles. The second-order valence-corrected chi connectivity index (χ2v) is 12.4. The Kier molecular flexibility index (Phi) is 8.80. The number of anilines is 1. The lowest BCUT2D eigenvalue weighted by Gasteiger charge is -2.42. The molecule has 6 nitrogen and oxygen atoms in total. The van der Waals surface area contributed by atoms with Gasteiger partial charge in [0.15, 0.2) is 0 Å². The maximum atomic E-state index is 13.9. The van der Waals surface area contributed by atoms with Crippen molar-refractivity contribution < 1.29 is 50.7 Å². The predicted octanol–water partition coefficient (Wildman–Crippen LogP) is 7.77. The van der Waals surface area contributed by atoms with Crippen LogP contribution in [-0.2, 0) is 26.6 Å². The van der Waals surface area contributed by atoms with E-state index in [1.165, 1.54) is 0 Å². The largest absolute Gasteiger partial charge is 0.508 e. The van der Waals surface area contributed by atoms with Gasteiger partial charge in [0, 0.05) is 0 Å². The van der Waals surface area contributed by atoms with Gasteiger partial charge in [-0.3, -0.25) is 9.59 Å². The predicted molar refractivity (Wildman–Crippen MR) is 166 cm³/mol. The number of alkyl halides is 6. The van der Waals surface area contributed by atoms with Gasteiger partial charge in [-0.05, 0) is 91.0 Å². The molecule has 2 amide bonds. The van der Waals surface area contributed by atoms with Crippen LogP contribution in [0.2, 0.25) is 6.32 Å². The first-order chi connectivity index (χ1) is 22.6. The molecule has 48 heavy (non-hydrogen) atoms. The van der Waals surface area contributed by atoms with Crippen LogP contribution < -0.4 is 4.90 Å².